The summed E-state index contributed by atoms with van der Waals surface area (Å²) in [6, 6.07) is 9.64. The molecule has 2 aromatic rings. The normalized spacial score (nSPS) is 13.1. The van der Waals surface area contributed by atoms with E-state index in [0.717, 1.165) is 23.7 Å². The predicted molar refractivity (Wildman–Crippen MR) is 131 cm³/mol. The van der Waals surface area contributed by atoms with Gasteiger partial charge in [0, 0.05) is 12.6 Å². The molecule has 0 aliphatic carbocycles. The van der Waals surface area contributed by atoms with Crippen molar-refractivity contribution >= 4 is 27.5 Å². The van der Waals surface area contributed by atoms with Crippen LogP contribution >= 0.6 is 9.24 Å². The number of methoxy groups -OCH3 is 1. The molecular formula is C24H36N3O5P. The summed E-state index contributed by atoms with van der Waals surface area (Å²) in [5.41, 5.74) is 1.93. The van der Waals surface area contributed by atoms with Gasteiger partial charge in [0.2, 0.25) is 0 Å². The number of rotatable bonds is 12. The monoisotopic (exact) mass is 477 g/mol. The van der Waals surface area contributed by atoms with Crippen LogP contribution < -0.4 is 5.32 Å². The summed E-state index contributed by atoms with van der Waals surface area (Å²) < 4.78 is 11.5. The van der Waals surface area contributed by atoms with Crippen LogP contribution in [-0.4, -0.2) is 60.7 Å². The molecule has 0 spiro atoms. The van der Waals surface area contributed by atoms with Gasteiger partial charge < -0.3 is 24.2 Å². The highest BCUT2D eigenvalue weighted by Gasteiger charge is 2.26. The van der Waals surface area contributed by atoms with Crippen molar-refractivity contribution in [2.24, 2.45) is 11.8 Å². The fourth-order valence-corrected chi connectivity index (χ4v) is 3.48. The predicted octanol–water partition coefficient (Wildman–Crippen LogP) is 2.31. The molecule has 0 bridgehead atoms. The Balaban J connectivity index is 0.000000335. The lowest BCUT2D eigenvalue weighted by atomic mass is 9.91. The molecule has 33 heavy (non-hydrogen) atoms. The fourth-order valence-electron chi connectivity index (χ4n) is 3.15. The Bertz CT molecular complexity index is 844. The first-order valence-electron chi connectivity index (χ1n) is 11.0. The minimum atomic E-state index is -0.257. The number of likely N-dealkylation sites (N-methyl/N-ethyl adjacent to an activating group) is 1. The first-order chi connectivity index (χ1) is 15.9. The Morgan fingerprint density at radius 2 is 1.91 bits per heavy atom. The van der Waals surface area contributed by atoms with Gasteiger partial charge >= 0.3 is 11.9 Å². The third-order valence-electron chi connectivity index (χ3n) is 5.17. The van der Waals surface area contributed by atoms with E-state index in [0.29, 0.717) is 19.4 Å². The van der Waals surface area contributed by atoms with Gasteiger partial charge in [-0.25, -0.2) is 4.98 Å². The average molecular weight is 478 g/mol. The minimum Gasteiger partial charge on any atom is -0.469 e. The van der Waals surface area contributed by atoms with Crippen LogP contribution in [-0.2, 0) is 43.2 Å². The Kier molecular flexibility index (Phi) is 13.9. The quantitative estimate of drug-likeness (QED) is 0.285. The van der Waals surface area contributed by atoms with E-state index in [-0.39, 0.29) is 36.4 Å². The molecule has 2 rings (SSSR count). The molecule has 0 saturated carbocycles. The van der Waals surface area contributed by atoms with Crippen LogP contribution in [0.2, 0.25) is 0 Å². The fraction of sp³-hybridized carbons (Fsp3) is 0.500. The number of nitrogens with one attached hydrogen (secondary N) is 1. The van der Waals surface area contributed by atoms with Crippen LogP contribution in [0.15, 0.2) is 42.9 Å². The highest BCUT2D eigenvalue weighted by atomic mass is 31.0. The largest absolute Gasteiger partial charge is 0.469 e. The molecule has 1 heterocycles. The Labute approximate surface area is 198 Å². The number of esters is 2. The lowest BCUT2D eigenvalue weighted by Crippen LogP contribution is -2.37. The van der Waals surface area contributed by atoms with E-state index in [9.17, 15) is 14.4 Å². The summed E-state index contributed by atoms with van der Waals surface area (Å²) in [6.07, 6.45) is 6.23. The summed E-state index contributed by atoms with van der Waals surface area (Å²) in [7, 11) is 5.81. The van der Waals surface area contributed by atoms with Gasteiger partial charge in [0.1, 0.15) is 12.3 Å². The number of imidazole rings is 1. The smallest absolute Gasteiger partial charge is 0.323 e. The molecule has 0 aliphatic heterocycles. The Morgan fingerprint density at radius 3 is 2.45 bits per heavy atom. The number of nitrogens with zero attached hydrogens (tertiary/aromatic N) is 2. The molecule has 0 radical (unpaired) electrons. The highest BCUT2D eigenvalue weighted by Crippen LogP contribution is 2.20. The van der Waals surface area contributed by atoms with Crippen molar-refractivity contribution < 1.29 is 23.9 Å². The van der Waals surface area contributed by atoms with Gasteiger partial charge in [-0.2, -0.15) is 0 Å². The van der Waals surface area contributed by atoms with E-state index in [4.69, 9.17) is 9.47 Å². The number of ether oxygens (including phenoxy) is 2. The summed E-state index contributed by atoms with van der Waals surface area (Å²) in [5.74, 6) is -0.399. The van der Waals surface area contributed by atoms with Crippen LogP contribution in [0.3, 0.4) is 0 Å². The maximum absolute atomic E-state index is 11.7. The molecule has 0 fully saturated rings. The first-order valence-corrected chi connectivity index (χ1v) is 11.8. The first kappa shape index (κ1) is 28.5. The third-order valence-corrected chi connectivity index (χ3v) is 5.91. The van der Waals surface area contributed by atoms with Crippen LogP contribution in [0.1, 0.15) is 25.1 Å². The molecule has 0 saturated heterocycles. The number of hydrogen-bond donors (Lipinski definition) is 1. The van der Waals surface area contributed by atoms with Gasteiger partial charge in [0.25, 0.3) is 0 Å². The van der Waals surface area contributed by atoms with Crippen LogP contribution in [0.5, 0.6) is 0 Å². The van der Waals surface area contributed by atoms with Gasteiger partial charge in [0.15, 0.2) is 0 Å². The number of carbonyl (C=O) groups is 3. The molecular weight excluding hydrogens is 441 g/mol. The van der Waals surface area contributed by atoms with E-state index < -0.39 is 0 Å². The maximum atomic E-state index is 11.7. The minimum absolute atomic E-state index is 0.191. The molecule has 4 atom stereocenters. The van der Waals surface area contributed by atoms with E-state index in [1.165, 1.54) is 7.11 Å². The number of hydrogen-bond acceptors (Lipinski definition) is 7. The van der Waals surface area contributed by atoms with Crippen LogP contribution in [0, 0.1) is 11.8 Å². The van der Waals surface area contributed by atoms with E-state index in [1.54, 1.807) is 24.1 Å². The van der Waals surface area contributed by atoms with Gasteiger partial charge in [-0.3, -0.25) is 9.59 Å². The van der Waals surface area contributed by atoms with Crippen molar-refractivity contribution in [3.8, 4) is 0 Å². The molecule has 0 aliphatic rings. The van der Waals surface area contributed by atoms with Crippen molar-refractivity contribution in [2.75, 3.05) is 26.9 Å². The van der Waals surface area contributed by atoms with Crippen molar-refractivity contribution in [1.82, 2.24) is 14.9 Å². The van der Waals surface area contributed by atoms with E-state index in [2.05, 4.69) is 19.5 Å². The summed E-state index contributed by atoms with van der Waals surface area (Å²) in [5, 5.41) is 2.96. The number of carbonyl (C=O) groups excluding carboxylic acids is 3. The molecule has 9 heteroatoms. The summed E-state index contributed by atoms with van der Waals surface area (Å²) >= 11 is 0. The molecule has 0 amide bonds. The second kappa shape index (κ2) is 16.1. The lowest BCUT2D eigenvalue weighted by Gasteiger charge is -2.19. The number of aldehydes is 1. The van der Waals surface area contributed by atoms with Gasteiger partial charge in [-0.05, 0) is 38.0 Å². The van der Waals surface area contributed by atoms with Crippen LogP contribution in [0.25, 0.3) is 0 Å². The maximum Gasteiger partial charge on any atom is 0.323 e. The van der Waals surface area contributed by atoms with E-state index in [1.807, 2.05) is 44.2 Å². The van der Waals surface area contributed by atoms with E-state index >= 15 is 0 Å². The van der Waals surface area contributed by atoms with Gasteiger partial charge in [0.05, 0.1) is 38.2 Å². The third kappa shape index (κ3) is 10.3. The molecule has 1 aromatic carbocycles. The van der Waals surface area contributed by atoms with Crippen LogP contribution in [0.4, 0.5) is 0 Å². The zero-order valence-corrected chi connectivity index (χ0v) is 21.1. The summed E-state index contributed by atoms with van der Waals surface area (Å²) in [6.45, 7) is 4.53. The Morgan fingerprint density at radius 1 is 1.21 bits per heavy atom. The molecule has 1 N–H and O–H groups in total. The number of benzene rings is 1. The van der Waals surface area contributed by atoms with Gasteiger partial charge in [-0.15, -0.1) is 9.24 Å². The molecule has 8 nitrogen and oxygen atoms in total. The standard InChI is InChI=1S/C12H19N2O3P.C12H17NO2/c1-9(7-18)11(12(16)17-2)5-10-6-14(3-4-15)8-13-10;1-3-15-12(14)11(13-2)9-10-7-5-4-6-8-10/h4,6,8-9,11H,3,5,7,18H2,1-2H3;4-8,11,13H,3,9H2,1-2H3. The second-order valence-corrected chi connectivity index (χ2v) is 8.03. The SMILES string of the molecule is CCOC(=O)C(Cc1ccccc1)NC.COC(=O)C(Cc1cn(CC=O)cn1)C(C)CP. The average Bonchev–Trinajstić information content (AvgIpc) is 3.28. The van der Waals surface area contributed by atoms with Crippen molar-refractivity contribution in [3.63, 3.8) is 0 Å². The second-order valence-electron chi connectivity index (χ2n) is 7.56. The summed E-state index contributed by atoms with van der Waals surface area (Å²) in [4.78, 5) is 37.8. The van der Waals surface area contributed by atoms with Crippen molar-refractivity contribution in [1.29, 1.82) is 0 Å². The van der Waals surface area contributed by atoms with Crippen molar-refractivity contribution in [2.45, 2.75) is 39.3 Å². The van der Waals surface area contributed by atoms with Gasteiger partial charge in [-0.1, -0.05) is 37.3 Å². The topological polar surface area (TPSA) is 99.5 Å². The molecule has 182 valence electrons. The molecule has 4 unspecified atom stereocenters. The zero-order valence-electron chi connectivity index (χ0n) is 19.9. The van der Waals surface area contributed by atoms with Crippen molar-refractivity contribution in [3.05, 3.63) is 54.1 Å². The zero-order chi connectivity index (χ0) is 24.6. The molecule has 1 aromatic heterocycles. The lowest BCUT2D eigenvalue weighted by molar-refractivity contribution is -0.147. The Hall–Kier alpha value is -2.57. The highest BCUT2D eigenvalue weighted by molar-refractivity contribution is 7.16. The number of aromatic nitrogens is 2.